The largest absolute Gasteiger partial charge is 0.314 e. The zero-order valence-corrected chi connectivity index (χ0v) is 13.7. The van der Waals surface area contributed by atoms with Crippen LogP contribution in [0, 0.1) is 18.3 Å². The van der Waals surface area contributed by atoms with Gasteiger partial charge in [0.15, 0.2) is 0 Å². The smallest absolute Gasteiger partial charge is 0.282 e. The van der Waals surface area contributed by atoms with Crippen LogP contribution in [0.25, 0.3) is 0 Å². The molecule has 0 spiro atoms. The molecular formula is C15H27N3O2S. The van der Waals surface area contributed by atoms with Crippen LogP contribution in [0.3, 0.4) is 0 Å². The highest BCUT2D eigenvalue weighted by Gasteiger charge is 2.32. The molecule has 0 unspecified atom stereocenters. The van der Waals surface area contributed by atoms with Gasteiger partial charge in [-0.15, -0.1) is 6.42 Å². The molecule has 0 atom stereocenters. The Bertz CT molecular complexity index is 460. The third-order valence-electron chi connectivity index (χ3n) is 4.24. The Morgan fingerprint density at radius 2 is 1.95 bits per heavy atom. The van der Waals surface area contributed by atoms with Gasteiger partial charge < -0.3 is 5.32 Å². The first-order chi connectivity index (χ1) is 10.1. The second kappa shape index (κ2) is 7.59. The molecule has 0 amide bonds. The quantitative estimate of drug-likeness (QED) is 0.681. The second-order valence-electron chi connectivity index (χ2n) is 6.07. The van der Waals surface area contributed by atoms with Crippen molar-refractivity contribution in [3.8, 4) is 12.3 Å². The summed E-state index contributed by atoms with van der Waals surface area (Å²) in [5.41, 5.74) is 0. The minimum atomic E-state index is -3.39. The first-order valence-electron chi connectivity index (χ1n) is 8.00. The van der Waals surface area contributed by atoms with E-state index in [1.54, 1.807) is 4.31 Å². The molecule has 2 aliphatic rings. The van der Waals surface area contributed by atoms with E-state index >= 15 is 0 Å². The summed E-state index contributed by atoms with van der Waals surface area (Å²) >= 11 is 0. The van der Waals surface area contributed by atoms with Crippen molar-refractivity contribution in [3.05, 3.63) is 0 Å². The molecule has 0 aromatic heterocycles. The monoisotopic (exact) mass is 313 g/mol. The average Bonchev–Trinajstić information content (AvgIpc) is 3.29. The van der Waals surface area contributed by atoms with Crippen LogP contribution in [0.4, 0.5) is 0 Å². The molecule has 1 saturated carbocycles. The fraction of sp³-hybridized carbons (Fsp3) is 0.867. The summed E-state index contributed by atoms with van der Waals surface area (Å²) in [6, 6.07) is 0.724. The van der Waals surface area contributed by atoms with Gasteiger partial charge in [-0.1, -0.05) is 12.8 Å². The highest BCUT2D eigenvalue weighted by Crippen LogP contribution is 2.23. The minimum Gasteiger partial charge on any atom is -0.314 e. The molecule has 120 valence electrons. The van der Waals surface area contributed by atoms with Crippen molar-refractivity contribution in [2.45, 2.75) is 45.1 Å². The van der Waals surface area contributed by atoms with Crippen LogP contribution in [-0.4, -0.2) is 55.8 Å². The lowest BCUT2D eigenvalue weighted by Gasteiger charge is -2.34. The molecule has 1 aliphatic heterocycles. The summed E-state index contributed by atoms with van der Waals surface area (Å²) in [6.45, 7) is 4.89. The Morgan fingerprint density at radius 1 is 1.29 bits per heavy atom. The van der Waals surface area contributed by atoms with E-state index in [0.717, 1.165) is 31.8 Å². The molecule has 0 radical (unpaired) electrons. The molecule has 2 fully saturated rings. The second-order valence-corrected chi connectivity index (χ2v) is 8.00. The number of nitrogens with one attached hydrogen (secondary N) is 1. The summed E-state index contributed by atoms with van der Waals surface area (Å²) in [4.78, 5) is 0. The summed E-state index contributed by atoms with van der Waals surface area (Å²) in [5.74, 6) is 3.06. The van der Waals surface area contributed by atoms with Gasteiger partial charge in [0.25, 0.3) is 10.2 Å². The molecule has 0 bridgehead atoms. The van der Waals surface area contributed by atoms with Crippen molar-refractivity contribution in [3.63, 3.8) is 0 Å². The van der Waals surface area contributed by atoms with Gasteiger partial charge in [0, 0.05) is 25.7 Å². The normalized spacial score (nSPS) is 21.6. The summed E-state index contributed by atoms with van der Waals surface area (Å²) in [5, 5.41) is 3.54. The predicted molar refractivity (Wildman–Crippen MR) is 84.9 cm³/mol. The van der Waals surface area contributed by atoms with Crippen molar-refractivity contribution in [1.29, 1.82) is 0 Å². The van der Waals surface area contributed by atoms with Crippen LogP contribution in [-0.2, 0) is 10.2 Å². The fourth-order valence-electron chi connectivity index (χ4n) is 2.76. The zero-order chi connectivity index (χ0) is 15.3. The van der Waals surface area contributed by atoms with E-state index in [-0.39, 0.29) is 6.54 Å². The van der Waals surface area contributed by atoms with E-state index in [1.807, 2.05) is 6.92 Å². The maximum Gasteiger partial charge on any atom is 0.282 e. The van der Waals surface area contributed by atoms with Crippen LogP contribution >= 0.6 is 0 Å². The van der Waals surface area contributed by atoms with Gasteiger partial charge in [0.05, 0.1) is 6.54 Å². The van der Waals surface area contributed by atoms with Gasteiger partial charge in [-0.05, 0) is 44.6 Å². The third-order valence-corrected chi connectivity index (χ3v) is 6.22. The van der Waals surface area contributed by atoms with Gasteiger partial charge in [0.2, 0.25) is 0 Å². The van der Waals surface area contributed by atoms with E-state index in [9.17, 15) is 8.42 Å². The van der Waals surface area contributed by atoms with E-state index in [2.05, 4.69) is 11.2 Å². The van der Waals surface area contributed by atoms with Gasteiger partial charge in [-0.3, -0.25) is 0 Å². The number of terminal acetylenes is 1. The van der Waals surface area contributed by atoms with Crippen molar-refractivity contribution >= 4 is 10.2 Å². The van der Waals surface area contributed by atoms with Gasteiger partial charge in [0.1, 0.15) is 0 Å². The number of hydrogen-bond acceptors (Lipinski definition) is 3. The van der Waals surface area contributed by atoms with E-state index in [1.165, 1.54) is 17.1 Å². The molecule has 5 nitrogen and oxygen atoms in total. The molecule has 0 aromatic carbocycles. The molecule has 0 aromatic rings. The van der Waals surface area contributed by atoms with E-state index in [4.69, 9.17) is 6.42 Å². The Morgan fingerprint density at radius 3 is 2.48 bits per heavy atom. The van der Waals surface area contributed by atoms with Crippen LogP contribution in [0.1, 0.15) is 39.0 Å². The highest BCUT2D eigenvalue weighted by atomic mass is 32.2. The van der Waals surface area contributed by atoms with Crippen LogP contribution < -0.4 is 5.32 Å². The number of nitrogens with zero attached hydrogens (tertiary/aromatic N) is 2. The summed E-state index contributed by atoms with van der Waals surface area (Å²) in [7, 11) is -3.39. The number of rotatable bonds is 8. The minimum absolute atomic E-state index is 0.166. The maximum atomic E-state index is 12.6. The lowest BCUT2D eigenvalue weighted by atomic mass is 9.98. The Balaban J connectivity index is 1.84. The van der Waals surface area contributed by atoms with Crippen LogP contribution in [0.2, 0.25) is 0 Å². The Labute approximate surface area is 129 Å². The molecule has 2 rings (SSSR count). The molecule has 1 saturated heterocycles. The van der Waals surface area contributed by atoms with E-state index < -0.39 is 10.2 Å². The highest BCUT2D eigenvalue weighted by molar-refractivity contribution is 7.86. The molecule has 1 aliphatic carbocycles. The van der Waals surface area contributed by atoms with Crippen LogP contribution in [0.15, 0.2) is 0 Å². The first-order valence-corrected chi connectivity index (χ1v) is 9.39. The number of hydrogen-bond donors (Lipinski definition) is 1. The average molecular weight is 313 g/mol. The Hall–Kier alpha value is -0.610. The maximum absolute atomic E-state index is 12.6. The third kappa shape index (κ3) is 4.68. The first kappa shape index (κ1) is 16.8. The zero-order valence-electron chi connectivity index (χ0n) is 12.9. The molecule has 6 heteroatoms. The van der Waals surface area contributed by atoms with Crippen molar-refractivity contribution in [2.75, 3.05) is 32.7 Å². The lowest BCUT2D eigenvalue weighted by molar-refractivity contribution is 0.251. The standard InChI is InChI=1S/C15H27N3O2S/c1-3-9-17(10-4-2)21(19,20)18-11-7-14(8-12-18)13-16-15-5-6-15/h1,14-16H,4-13H2,2H3. The topological polar surface area (TPSA) is 52.7 Å². The summed E-state index contributed by atoms with van der Waals surface area (Å²) in [6.07, 6.45) is 10.6. The van der Waals surface area contributed by atoms with Gasteiger partial charge in [-0.2, -0.15) is 17.0 Å². The van der Waals surface area contributed by atoms with Gasteiger partial charge >= 0.3 is 0 Å². The fourth-order valence-corrected chi connectivity index (χ4v) is 4.41. The molecule has 1 N–H and O–H groups in total. The summed E-state index contributed by atoms with van der Waals surface area (Å²) < 4.78 is 28.2. The Kier molecular flexibility index (Phi) is 6.06. The molecule has 1 heterocycles. The molecule has 21 heavy (non-hydrogen) atoms. The van der Waals surface area contributed by atoms with Crippen LogP contribution in [0.5, 0.6) is 0 Å². The number of piperidine rings is 1. The SMILES string of the molecule is C#CCN(CCC)S(=O)(=O)N1CCC(CNC2CC2)CC1. The van der Waals surface area contributed by atoms with E-state index in [0.29, 0.717) is 25.6 Å². The predicted octanol–water partition coefficient (Wildman–Crippen LogP) is 1.04. The lowest BCUT2D eigenvalue weighted by Crippen LogP contribution is -2.48. The van der Waals surface area contributed by atoms with Crippen molar-refractivity contribution < 1.29 is 8.42 Å². The molecular weight excluding hydrogens is 286 g/mol. The van der Waals surface area contributed by atoms with Crippen molar-refractivity contribution in [1.82, 2.24) is 13.9 Å². The van der Waals surface area contributed by atoms with Gasteiger partial charge in [-0.25, -0.2) is 0 Å². The van der Waals surface area contributed by atoms with Crippen molar-refractivity contribution in [2.24, 2.45) is 5.92 Å².